The first-order valence-electron chi connectivity index (χ1n) is 9.61. The van der Waals surface area contributed by atoms with E-state index in [1.807, 2.05) is 18.2 Å². The van der Waals surface area contributed by atoms with Gasteiger partial charge in [-0.05, 0) is 0 Å². The summed E-state index contributed by atoms with van der Waals surface area (Å²) in [6, 6.07) is 10.3. The van der Waals surface area contributed by atoms with E-state index < -0.39 is 18.7 Å². The van der Waals surface area contributed by atoms with Crippen molar-refractivity contribution in [3.8, 4) is 0 Å². The quantitative estimate of drug-likeness (QED) is 0.444. The van der Waals surface area contributed by atoms with Gasteiger partial charge < -0.3 is 0 Å². The Morgan fingerprint density at radius 2 is 1.71 bits per heavy atom. The van der Waals surface area contributed by atoms with Crippen molar-refractivity contribution in [3.63, 3.8) is 0 Å². The molecule has 1 aromatic carbocycles. The number of methoxy groups -OCH3 is 1. The van der Waals surface area contributed by atoms with Gasteiger partial charge in [-0.15, -0.1) is 0 Å². The van der Waals surface area contributed by atoms with E-state index in [9.17, 15) is 4.79 Å². The predicted octanol–water partition coefficient (Wildman–Crippen LogP) is 5.65. The molecular weight excluding hydrogens is 357 g/mol. The summed E-state index contributed by atoms with van der Waals surface area (Å²) in [6.45, 7) is 9.55. The zero-order valence-corrected chi connectivity index (χ0v) is 18.2. The van der Waals surface area contributed by atoms with Gasteiger partial charge in [0, 0.05) is 0 Å². The van der Waals surface area contributed by atoms with Gasteiger partial charge in [0.05, 0.1) is 0 Å². The summed E-state index contributed by atoms with van der Waals surface area (Å²) < 4.78 is 5.27. The monoisotopic (exact) mass is 392 g/mol. The Morgan fingerprint density at radius 3 is 2.21 bits per heavy atom. The molecule has 3 atom stereocenters. The van der Waals surface area contributed by atoms with Crippen LogP contribution >= 0.6 is 0 Å². The zero-order valence-electron chi connectivity index (χ0n) is 16.1. The van der Waals surface area contributed by atoms with Crippen molar-refractivity contribution in [3.05, 3.63) is 35.9 Å². The van der Waals surface area contributed by atoms with Crippen LogP contribution in [-0.4, -0.2) is 26.3 Å². The summed E-state index contributed by atoms with van der Waals surface area (Å²) in [6.07, 6.45) is 1.90. The summed E-state index contributed by atoms with van der Waals surface area (Å²) in [5, 5.41) is 5.64. The standard InChI is InChI=1S/C21H34GeO2/c1-6-22(7-2,8-3)16-18-15-21(14-17(18)4,20(23)24-5)19-12-10-9-11-13-19/h9-13,17-18H,6-8,14-16H2,1-5H3/t17-,18+,21+/m1/s1. The van der Waals surface area contributed by atoms with Gasteiger partial charge in [0.1, 0.15) is 0 Å². The molecule has 134 valence electrons. The summed E-state index contributed by atoms with van der Waals surface area (Å²) in [7, 11) is 1.54. The average molecular weight is 391 g/mol. The van der Waals surface area contributed by atoms with E-state index in [2.05, 4.69) is 39.8 Å². The van der Waals surface area contributed by atoms with Crippen molar-refractivity contribution in [2.45, 2.75) is 67.0 Å². The van der Waals surface area contributed by atoms with Crippen LogP contribution in [0.5, 0.6) is 0 Å². The molecule has 0 aliphatic heterocycles. The third-order valence-electron chi connectivity index (χ3n) is 6.93. The van der Waals surface area contributed by atoms with Gasteiger partial charge >= 0.3 is 151 Å². The van der Waals surface area contributed by atoms with Gasteiger partial charge in [-0.25, -0.2) is 0 Å². The fraction of sp³-hybridized carbons (Fsp3) is 0.667. The first-order valence-corrected chi connectivity index (χ1v) is 15.5. The maximum absolute atomic E-state index is 12.8. The fourth-order valence-electron chi connectivity index (χ4n) is 4.93. The van der Waals surface area contributed by atoms with Crippen LogP contribution < -0.4 is 0 Å². The number of hydrogen-bond acceptors (Lipinski definition) is 2. The van der Waals surface area contributed by atoms with E-state index in [-0.39, 0.29) is 5.97 Å². The number of rotatable bonds is 7. The molecule has 0 unspecified atom stereocenters. The van der Waals surface area contributed by atoms with E-state index in [0.29, 0.717) is 11.8 Å². The molecule has 0 amide bonds. The third-order valence-corrected chi connectivity index (χ3v) is 19.3. The molecule has 24 heavy (non-hydrogen) atoms. The van der Waals surface area contributed by atoms with Crippen LogP contribution in [0.2, 0.25) is 21.0 Å². The fourth-order valence-corrected chi connectivity index (χ4v) is 13.4. The Morgan fingerprint density at radius 1 is 1.12 bits per heavy atom. The third kappa shape index (κ3) is 3.59. The molecule has 0 radical (unpaired) electrons. The SMILES string of the molecule is C[CH2][Ge]([CH2]C)([CH2]C)[CH2][C@@H]1C[C@](C(=O)OC)(c2ccccc2)C[C@H]1C. The molecule has 1 aliphatic carbocycles. The molecule has 3 heteroatoms. The Kier molecular flexibility index (Phi) is 6.58. The van der Waals surface area contributed by atoms with E-state index in [1.54, 1.807) is 0 Å². The van der Waals surface area contributed by atoms with Crippen molar-refractivity contribution in [2.24, 2.45) is 11.8 Å². The normalized spacial score (nSPS) is 27.2. The number of carbonyl (C=O) groups is 1. The minimum absolute atomic E-state index is 0.0364. The number of benzene rings is 1. The van der Waals surface area contributed by atoms with Crippen LogP contribution in [0.3, 0.4) is 0 Å². The van der Waals surface area contributed by atoms with Gasteiger partial charge in [-0.1, -0.05) is 0 Å². The zero-order chi connectivity index (χ0) is 17.8. The second kappa shape index (κ2) is 8.07. The first kappa shape index (κ1) is 19.6. The van der Waals surface area contributed by atoms with Gasteiger partial charge in [0.2, 0.25) is 0 Å². The molecule has 0 saturated heterocycles. The molecule has 0 bridgehead atoms. The molecule has 0 spiro atoms. The van der Waals surface area contributed by atoms with E-state index in [0.717, 1.165) is 18.4 Å². The van der Waals surface area contributed by atoms with Gasteiger partial charge in [-0.3, -0.25) is 0 Å². The van der Waals surface area contributed by atoms with Crippen LogP contribution in [0.1, 0.15) is 46.1 Å². The van der Waals surface area contributed by atoms with Crippen molar-refractivity contribution in [1.29, 1.82) is 0 Å². The van der Waals surface area contributed by atoms with Crippen LogP contribution in [0.25, 0.3) is 0 Å². The Hall–Kier alpha value is -0.767. The van der Waals surface area contributed by atoms with E-state index in [4.69, 9.17) is 4.74 Å². The van der Waals surface area contributed by atoms with Crippen LogP contribution in [0.15, 0.2) is 30.3 Å². The summed E-state index contributed by atoms with van der Waals surface area (Å²) in [5.74, 6) is 1.23. The Labute approximate surface area is 150 Å². The minimum atomic E-state index is -1.75. The molecule has 0 aromatic heterocycles. The summed E-state index contributed by atoms with van der Waals surface area (Å²) in [4.78, 5) is 12.8. The van der Waals surface area contributed by atoms with E-state index >= 15 is 0 Å². The summed E-state index contributed by atoms with van der Waals surface area (Å²) >= 11 is -1.75. The molecule has 0 heterocycles. The van der Waals surface area contributed by atoms with Gasteiger partial charge in [0.15, 0.2) is 0 Å². The van der Waals surface area contributed by atoms with Gasteiger partial charge in [-0.2, -0.15) is 0 Å². The molecule has 1 aromatic rings. The van der Waals surface area contributed by atoms with Crippen molar-refractivity contribution < 1.29 is 9.53 Å². The Bertz CT molecular complexity index is 530. The number of ether oxygens (including phenoxy) is 1. The Balaban J connectivity index is 2.32. The molecule has 2 rings (SSSR count). The second-order valence-electron chi connectivity index (χ2n) is 7.85. The molecule has 1 aliphatic rings. The molecule has 1 fully saturated rings. The molecular formula is C21H34GeO2. The molecule has 2 nitrogen and oxygen atoms in total. The first-order chi connectivity index (χ1) is 11.5. The topological polar surface area (TPSA) is 26.3 Å². The molecule has 0 N–H and O–H groups in total. The van der Waals surface area contributed by atoms with Crippen molar-refractivity contribution in [1.82, 2.24) is 0 Å². The predicted molar refractivity (Wildman–Crippen MR) is 104 cm³/mol. The van der Waals surface area contributed by atoms with Crippen molar-refractivity contribution >= 4 is 19.2 Å². The van der Waals surface area contributed by atoms with Crippen LogP contribution in [0, 0.1) is 11.8 Å². The van der Waals surface area contributed by atoms with Crippen LogP contribution in [-0.2, 0) is 14.9 Å². The van der Waals surface area contributed by atoms with Crippen LogP contribution in [0.4, 0.5) is 0 Å². The number of esters is 1. The maximum atomic E-state index is 12.8. The summed E-state index contributed by atoms with van der Waals surface area (Å²) in [5.41, 5.74) is 0.720. The van der Waals surface area contributed by atoms with E-state index in [1.165, 1.54) is 28.1 Å². The number of hydrogen-bond donors (Lipinski definition) is 0. The molecule has 1 saturated carbocycles. The number of carbonyl (C=O) groups excluding carboxylic acids is 1. The van der Waals surface area contributed by atoms with Crippen molar-refractivity contribution in [2.75, 3.05) is 7.11 Å². The average Bonchev–Trinajstić information content (AvgIpc) is 2.97. The second-order valence-corrected chi connectivity index (χ2v) is 19.5. The van der Waals surface area contributed by atoms with Gasteiger partial charge in [0.25, 0.3) is 0 Å².